The van der Waals surface area contributed by atoms with Crippen LogP contribution in [0.3, 0.4) is 0 Å². The van der Waals surface area contributed by atoms with Gasteiger partial charge in [-0.1, -0.05) is 11.6 Å². The topological polar surface area (TPSA) is 66.5 Å². The van der Waals surface area contributed by atoms with E-state index in [9.17, 15) is 17.6 Å². The molecular formula is C16H14ClFN2O3S. The molecule has 1 aliphatic heterocycles. The molecule has 2 aromatic carbocycles. The van der Waals surface area contributed by atoms with Crippen molar-refractivity contribution in [2.75, 3.05) is 16.2 Å². The first-order valence-corrected chi connectivity index (χ1v) is 9.03. The van der Waals surface area contributed by atoms with E-state index in [4.69, 9.17) is 11.6 Å². The second-order valence-electron chi connectivity index (χ2n) is 5.44. The average Bonchev–Trinajstić information content (AvgIpc) is 2.89. The molecule has 0 spiro atoms. The van der Waals surface area contributed by atoms with E-state index in [0.29, 0.717) is 18.7 Å². The van der Waals surface area contributed by atoms with Gasteiger partial charge in [0.2, 0.25) is 5.91 Å². The van der Waals surface area contributed by atoms with Crippen LogP contribution in [0, 0.1) is 5.82 Å². The highest BCUT2D eigenvalue weighted by Crippen LogP contribution is 2.31. The lowest BCUT2D eigenvalue weighted by molar-refractivity contribution is -0.116. The van der Waals surface area contributed by atoms with Gasteiger partial charge in [-0.2, -0.15) is 0 Å². The van der Waals surface area contributed by atoms with E-state index in [1.807, 2.05) is 0 Å². The predicted molar refractivity (Wildman–Crippen MR) is 90.4 cm³/mol. The molecule has 0 saturated carbocycles. The SMILES string of the molecule is CC(=O)N1CCc2cc(NS(=O)(=O)c3ccc(Cl)cc3F)ccc21. The van der Waals surface area contributed by atoms with Gasteiger partial charge >= 0.3 is 0 Å². The first-order valence-electron chi connectivity index (χ1n) is 7.17. The van der Waals surface area contributed by atoms with Crippen molar-refractivity contribution in [2.24, 2.45) is 0 Å². The maximum Gasteiger partial charge on any atom is 0.264 e. The highest BCUT2D eigenvalue weighted by atomic mass is 35.5. The van der Waals surface area contributed by atoms with Gasteiger partial charge in [0.15, 0.2) is 0 Å². The molecule has 1 amide bonds. The minimum Gasteiger partial charge on any atom is -0.312 e. The van der Waals surface area contributed by atoms with Gasteiger partial charge in [0.05, 0.1) is 0 Å². The number of halogens is 2. The molecule has 1 heterocycles. The molecule has 0 unspecified atom stereocenters. The second kappa shape index (κ2) is 6.07. The smallest absolute Gasteiger partial charge is 0.264 e. The van der Waals surface area contributed by atoms with Gasteiger partial charge in [0.1, 0.15) is 10.7 Å². The Hall–Kier alpha value is -2.12. The molecule has 1 N–H and O–H groups in total. The first kappa shape index (κ1) is 16.7. The molecule has 3 rings (SSSR count). The van der Waals surface area contributed by atoms with Crippen LogP contribution in [0.15, 0.2) is 41.3 Å². The lowest BCUT2D eigenvalue weighted by atomic mass is 10.1. The fourth-order valence-corrected chi connectivity index (χ4v) is 3.96. The van der Waals surface area contributed by atoms with Crippen molar-refractivity contribution in [3.8, 4) is 0 Å². The first-order chi connectivity index (χ1) is 11.3. The Balaban J connectivity index is 1.90. The highest BCUT2D eigenvalue weighted by molar-refractivity contribution is 7.92. The quantitative estimate of drug-likeness (QED) is 0.904. The average molecular weight is 369 g/mol. The van der Waals surface area contributed by atoms with Crippen molar-refractivity contribution in [1.29, 1.82) is 0 Å². The number of hydrogen-bond acceptors (Lipinski definition) is 3. The van der Waals surface area contributed by atoms with Crippen molar-refractivity contribution in [3.05, 3.63) is 52.8 Å². The Morgan fingerprint density at radius 3 is 2.67 bits per heavy atom. The predicted octanol–water partition coefficient (Wildman–Crippen LogP) is 3.19. The van der Waals surface area contributed by atoms with Gasteiger partial charge in [-0.05, 0) is 48.4 Å². The van der Waals surface area contributed by atoms with Crippen molar-refractivity contribution in [2.45, 2.75) is 18.2 Å². The summed E-state index contributed by atoms with van der Waals surface area (Å²) < 4.78 is 40.9. The summed E-state index contributed by atoms with van der Waals surface area (Å²) in [7, 11) is -4.07. The molecular weight excluding hydrogens is 355 g/mol. The molecule has 0 aliphatic carbocycles. The zero-order chi connectivity index (χ0) is 17.5. The lowest BCUT2D eigenvalue weighted by Gasteiger charge is -2.15. The molecule has 0 aromatic heterocycles. The number of nitrogens with one attached hydrogen (secondary N) is 1. The van der Waals surface area contributed by atoms with Gasteiger partial charge in [-0.3, -0.25) is 9.52 Å². The van der Waals surface area contributed by atoms with E-state index in [1.165, 1.54) is 13.0 Å². The third kappa shape index (κ3) is 3.09. The molecule has 0 saturated heterocycles. The number of sulfonamides is 1. The zero-order valence-electron chi connectivity index (χ0n) is 12.7. The number of carbonyl (C=O) groups excluding carboxylic acids is 1. The highest BCUT2D eigenvalue weighted by Gasteiger charge is 2.24. The molecule has 1 aliphatic rings. The second-order valence-corrected chi connectivity index (χ2v) is 7.53. The fourth-order valence-electron chi connectivity index (χ4n) is 2.70. The van der Waals surface area contributed by atoms with Gasteiger partial charge in [-0.15, -0.1) is 0 Å². The van der Waals surface area contributed by atoms with Crippen LogP contribution in [0.25, 0.3) is 0 Å². The zero-order valence-corrected chi connectivity index (χ0v) is 14.3. The number of nitrogens with zero attached hydrogens (tertiary/aromatic N) is 1. The van der Waals surface area contributed by atoms with Gasteiger partial charge < -0.3 is 4.90 Å². The molecule has 0 fully saturated rings. The van der Waals surface area contributed by atoms with Crippen LogP contribution in [0.4, 0.5) is 15.8 Å². The number of anilines is 2. The van der Waals surface area contributed by atoms with E-state index >= 15 is 0 Å². The summed E-state index contributed by atoms with van der Waals surface area (Å²) in [4.78, 5) is 12.7. The Kier molecular flexibility index (Phi) is 4.23. The molecule has 24 heavy (non-hydrogen) atoms. The van der Waals surface area contributed by atoms with Gasteiger partial charge in [-0.25, -0.2) is 12.8 Å². The van der Waals surface area contributed by atoms with Crippen LogP contribution in [0.1, 0.15) is 12.5 Å². The number of rotatable bonds is 3. The van der Waals surface area contributed by atoms with Crippen LogP contribution in [-0.2, 0) is 21.2 Å². The minimum absolute atomic E-state index is 0.0645. The van der Waals surface area contributed by atoms with Gasteiger partial charge in [0, 0.05) is 29.9 Å². The standard InChI is InChI=1S/C16H14ClFN2O3S/c1-10(21)20-7-6-11-8-13(3-4-15(11)20)19-24(22,23)16-5-2-12(17)9-14(16)18/h2-5,8-9,19H,6-7H2,1H3. The Morgan fingerprint density at radius 2 is 2.00 bits per heavy atom. The van der Waals surface area contributed by atoms with Crippen LogP contribution in [0.2, 0.25) is 5.02 Å². The van der Waals surface area contributed by atoms with E-state index in [0.717, 1.165) is 23.4 Å². The molecule has 0 atom stereocenters. The molecule has 5 nitrogen and oxygen atoms in total. The lowest BCUT2D eigenvalue weighted by Crippen LogP contribution is -2.25. The Bertz CT molecular complexity index is 931. The van der Waals surface area contributed by atoms with Gasteiger partial charge in [0.25, 0.3) is 10.0 Å². The molecule has 126 valence electrons. The number of hydrogen-bond donors (Lipinski definition) is 1. The van der Waals surface area contributed by atoms with Crippen LogP contribution >= 0.6 is 11.6 Å². The van der Waals surface area contributed by atoms with Crippen molar-refractivity contribution in [1.82, 2.24) is 0 Å². The van der Waals surface area contributed by atoms with Crippen LogP contribution in [0.5, 0.6) is 0 Å². The number of fused-ring (bicyclic) bond motifs is 1. The summed E-state index contributed by atoms with van der Waals surface area (Å²) in [5, 5.41) is 0.119. The summed E-state index contributed by atoms with van der Waals surface area (Å²) in [5.74, 6) is -0.982. The largest absolute Gasteiger partial charge is 0.312 e. The molecule has 8 heteroatoms. The van der Waals surface area contributed by atoms with E-state index < -0.39 is 20.7 Å². The monoisotopic (exact) mass is 368 g/mol. The maximum atomic E-state index is 13.9. The van der Waals surface area contributed by atoms with Crippen molar-refractivity contribution in [3.63, 3.8) is 0 Å². The number of amides is 1. The maximum absolute atomic E-state index is 13.9. The van der Waals surface area contributed by atoms with E-state index in [-0.39, 0.29) is 10.9 Å². The third-order valence-corrected chi connectivity index (χ3v) is 5.44. The van der Waals surface area contributed by atoms with Crippen molar-refractivity contribution >= 4 is 38.9 Å². The summed E-state index contributed by atoms with van der Waals surface area (Å²) >= 11 is 5.64. The Labute approximate surface area is 144 Å². The number of carbonyl (C=O) groups is 1. The summed E-state index contributed by atoms with van der Waals surface area (Å²) in [6, 6.07) is 8.26. The Morgan fingerprint density at radius 1 is 1.25 bits per heavy atom. The summed E-state index contributed by atoms with van der Waals surface area (Å²) in [6.45, 7) is 2.04. The summed E-state index contributed by atoms with van der Waals surface area (Å²) in [6.07, 6.45) is 0.639. The summed E-state index contributed by atoms with van der Waals surface area (Å²) in [5.41, 5.74) is 1.94. The third-order valence-electron chi connectivity index (χ3n) is 3.79. The fraction of sp³-hybridized carbons (Fsp3) is 0.188. The normalized spacial score (nSPS) is 13.7. The molecule has 0 bridgehead atoms. The van der Waals surface area contributed by atoms with Crippen LogP contribution < -0.4 is 9.62 Å². The van der Waals surface area contributed by atoms with E-state index in [1.54, 1.807) is 23.1 Å². The van der Waals surface area contributed by atoms with E-state index in [2.05, 4.69) is 4.72 Å². The van der Waals surface area contributed by atoms with Crippen LogP contribution in [-0.4, -0.2) is 20.9 Å². The number of benzene rings is 2. The molecule has 2 aromatic rings. The molecule has 0 radical (unpaired) electrons. The van der Waals surface area contributed by atoms with Crippen molar-refractivity contribution < 1.29 is 17.6 Å². The minimum atomic E-state index is -4.07.